The molecule has 18 heavy (non-hydrogen) atoms. The summed E-state index contributed by atoms with van der Waals surface area (Å²) in [4.78, 5) is 11.7. The lowest BCUT2D eigenvalue weighted by Gasteiger charge is -2.08. The summed E-state index contributed by atoms with van der Waals surface area (Å²) in [5, 5.41) is 2.43. The second-order valence-corrected chi connectivity index (χ2v) is 6.10. The third-order valence-corrected chi connectivity index (χ3v) is 3.75. The van der Waals surface area contributed by atoms with Gasteiger partial charge in [0.15, 0.2) is 0 Å². The van der Waals surface area contributed by atoms with Crippen molar-refractivity contribution in [1.29, 1.82) is 0 Å². The van der Waals surface area contributed by atoms with E-state index in [2.05, 4.69) is 37.2 Å². The lowest BCUT2D eigenvalue weighted by Crippen LogP contribution is -2.26. The predicted molar refractivity (Wildman–Crippen MR) is 72.7 cm³/mol. The van der Waals surface area contributed by atoms with Crippen LogP contribution in [-0.4, -0.2) is 23.7 Å². The summed E-state index contributed by atoms with van der Waals surface area (Å²) in [7, 11) is 0. The second-order valence-electron chi connectivity index (χ2n) is 3.17. The molecule has 2 nitrogen and oxygen atoms in total. The molecule has 1 aromatic carbocycles. The van der Waals surface area contributed by atoms with Crippen LogP contribution >= 0.6 is 43.6 Å². The molecule has 0 unspecified atom stereocenters. The normalized spacial score (nSPS) is 11.4. The minimum atomic E-state index is -4.26. The molecule has 8 heteroatoms. The second kappa shape index (κ2) is 6.81. The van der Waals surface area contributed by atoms with Crippen LogP contribution in [0, 0.1) is 0 Å². The zero-order valence-corrected chi connectivity index (χ0v) is 12.8. The van der Waals surface area contributed by atoms with Crippen molar-refractivity contribution in [2.45, 2.75) is 5.51 Å². The van der Waals surface area contributed by atoms with Gasteiger partial charge in [-0.1, -0.05) is 15.9 Å². The Labute approximate surface area is 123 Å². The maximum Gasteiger partial charge on any atom is 0.441 e. The van der Waals surface area contributed by atoms with Gasteiger partial charge >= 0.3 is 5.51 Å². The summed E-state index contributed by atoms with van der Waals surface area (Å²) >= 11 is 6.27. The molecule has 0 bridgehead atoms. The quantitative estimate of drug-likeness (QED) is 0.759. The van der Waals surface area contributed by atoms with Crippen LogP contribution in [0.4, 0.5) is 13.2 Å². The fourth-order valence-corrected chi connectivity index (χ4v) is 2.32. The van der Waals surface area contributed by atoms with Gasteiger partial charge in [0.25, 0.3) is 5.91 Å². The Kier molecular flexibility index (Phi) is 6.00. The molecular weight excluding hydrogens is 399 g/mol. The van der Waals surface area contributed by atoms with Crippen molar-refractivity contribution in [3.05, 3.63) is 32.7 Å². The summed E-state index contributed by atoms with van der Waals surface area (Å²) in [5.41, 5.74) is -3.89. The zero-order valence-electron chi connectivity index (χ0n) is 8.85. The number of amides is 1. The van der Waals surface area contributed by atoms with E-state index >= 15 is 0 Å². The SMILES string of the molecule is O=C(NCCSC(F)(F)F)c1cc(Br)ccc1Br. The average molecular weight is 407 g/mol. The number of nitrogens with one attached hydrogen (secondary N) is 1. The molecule has 1 rings (SSSR count). The maximum atomic E-state index is 11.9. The Balaban J connectivity index is 2.48. The molecule has 0 aliphatic heterocycles. The molecule has 0 saturated heterocycles. The molecule has 0 aliphatic rings. The average Bonchev–Trinajstić information content (AvgIpc) is 2.26. The smallest absolute Gasteiger partial charge is 0.351 e. The number of alkyl halides is 3. The molecule has 0 atom stereocenters. The molecule has 0 aliphatic carbocycles. The number of benzene rings is 1. The van der Waals surface area contributed by atoms with Crippen LogP contribution in [0.3, 0.4) is 0 Å². The van der Waals surface area contributed by atoms with Crippen LogP contribution in [0.5, 0.6) is 0 Å². The highest BCUT2D eigenvalue weighted by atomic mass is 79.9. The van der Waals surface area contributed by atoms with E-state index in [4.69, 9.17) is 0 Å². The number of rotatable bonds is 4. The van der Waals surface area contributed by atoms with Crippen molar-refractivity contribution in [1.82, 2.24) is 5.32 Å². The number of thioether (sulfide) groups is 1. The molecule has 1 amide bonds. The van der Waals surface area contributed by atoms with Crippen LogP contribution < -0.4 is 5.32 Å². The molecule has 0 aromatic heterocycles. The number of halogens is 5. The maximum absolute atomic E-state index is 11.9. The Morgan fingerprint density at radius 1 is 1.33 bits per heavy atom. The predicted octanol–water partition coefficient (Wildman–Crippen LogP) is 4.19. The van der Waals surface area contributed by atoms with Gasteiger partial charge in [0.1, 0.15) is 0 Å². The summed E-state index contributed by atoms with van der Waals surface area (Å²) in [6.45, 7) is -0.0397. The standard InChI is InChI=1S/C10H8Br2F3NOS/c11-6-1-2-8(12)7(5-6)9(17)16-3-4-18-10(13,14)15/h1-2,5H,3-4H2,(H,16,17). The third-order valence-electron chi connectivity index (χ3n) is 1.83. The highest BCUT2D eigenvalue weighted by Gasteiger charge is 2.27. The monoisotopic (exact) mass is 405 g/mol. The van der Waals surface area contributed by atoms with E-state index in [-0.39, 0.29) is 24.1 Å². The first-order valence-corrected chi connectivity index (χ1v) is 7.31. The van der Waals surface area contributed by atoms with Gasteiger partial charge in [-0.15, -0.1) is 0 Å². The van der Waals surface area contributed by atoms with E-state index in [0.29, 0.717) is 10.0 Å². The third kappa shape index (κ3) is 5.62. The zero-order chi connectivity index (χ0) is 13.8. The summed E-state index contributed by atoms with van der Waals surface area (Å²) in [6, 6.07) is 5.03. The van der Waals surface area contributed by atoms with E-state index in [1.54, 1.807) is 18.2 Å². The first-order valence-electron chi connectivity index (χ1n) is 4.73. The van der Waals surface area contributed by atoms with Crippen LogP contribution in [-0.2, 0) is 0 Å². The van der Waals surface area contributed by atoms with Gasteiger partial charge in [-0.25, -0.2) is 0 Å². The van der Waals surface area contributed by atoms with Gasteiger partial charge in [-0.2, -0.15) is 13.2 Å². The van der Waals surface area contributed by atoms with Crippen molar-refractivity contribution in [2.24, 2.45) is 0 Å². The molecule has 0 spiro atoms. The minimum absolute atomic E-state index is 0.0397. The number of carbonyl (C=O) groups excluding carboxylic acids is 1. The molecule has 100 valence electrons. The molecule has 0 heterocycles. The summed E-state index contributed by atoms with van der Waals surface area (Å²) < 4.78 is 36.9. The van der Waals surface area contributed by atoms with E-state index in [9.17, 15) is 18.0 Å². The molecule has 0 saturated carbocycles. The lowest BCUT2D eigenvalue weighted by atomic mass is 10.2. The summed E-state index contributed by atoms with van der Waals surface area (Å²) in [6.07, 6.45) is 0. The van der Waals surface area contributed by atoms with Gasteiger partial charge in [0, 0.05) is 21.2 Å². The fourth-order valence-electron chi connectivity index (χ4n) is 1.10. The highest BCUT2D eigenvalue weighted by molar-refractivity contribution is 9.11. The van der Waals surface area contributed by atoms with Crippen molar-refractivity contribution in [3.63, 3.8) is 0 Å². The van der Waals surface area contributed by atoms with Gasteiger partial charge < -0.3 is 5.32 Å². The Morgan fingerprint density at radius 3 is 2.61 bits per heavy atom. The van der Waals surface area contributed by atoms with E-state index < -0.39 is 11.4 Å². The number of carbonyl (C=O) groups is 1. The van der Waals surface area contributed by atoms with Crippen molar-refractivity contribution >= 4 is 49.5 Å². The number of hydrogen-bond donors (Lipinski definition) is 1. The minimum Gasteiger partial charge on any atom is -0.351 e. The molecule has 0 fully saturated rings. The van der Waals surface area contributed by atoms with E-state index in [0.717, 1.165) is 4.47 Å². The molecule has 1 N–H and O–H groups in total. The summed E-state index contributed by atoms with van der Waals surface area (Å²) in [5.74, 6) is -0.619. The lowest BCUT2D eigenvalue weighted by molar-refractivity contribution is -0.0327. The highest BCUT2D eigenvalue weighted by Crippen LogP contribution is 2.29. The number of hydrogen-bond acceptors (Lipinski definition) is 2. The van der Waals surface area contributed by atoms with E-state index in [1.165, 1.54) is 0 Å². The van der Waals surface area contributed by atoms with Gasteiger partial charge in [-0.3, -0.25) is 4.79 Å². The first kappa shape index (κ1) is 15.8. The van der Waals surface area contributed by atoms with Gasteiger partial charge in [0.2, 0.25) is 0 Å². The largest absolute Gasteiger partial charge is 0.441 e. The molecular formula is C10H8Br2F3NOS. The first-order chi connectivity index (χ1) is 8.29. The Bertz CT molecular complexity index is 440. The van der Waals surface area contributed by atoms with Gasteiger partial charge in [-0.05, 0) is 45.9 Å². The molecule has 0 radical (unpaired) electrons. The Hall–Kier alpha value is -0.210. The van der Waals surface area contributed by atoms with Crippen LogP contribution in [0.25, 0.3) is 0 Å². The Morgan fingerprint density at radius 2 is 2.00 bits per heavy atom. The van der Waals surface area contributed by atoms with Crippen molar-refractivity contribution in [3.8, 4) is 0 Å². The van der Waals surface area contributed by atoms with E-state index in [1.807, 2.05) is 0 Å². The van der Waals surface area contributed by atoms with Crippen LogP contribution in [0.2, 0.25) is 0 Å². The van der Waals surface area contributed by atoms with Crippen molar-refractivity contribution in [2.75, 3.05) is 12.3 Å². The molecule has 1 aromatic rings. The van der Waals surface area contributed by atoms with Crippen LogP contribution in [0.15, 0.2) is 27.1 Å². The van der Waals surface area contributed by atoms with Crippen LogP contribution in [0.1, 0.15) is 10.4 Å². The van der Waals surface area contributed by atoms with Crippen molar-refractivity contribution < 1.29 is 18.0 Å². The fraction of sp³-hybridized carbons (Fsp3) is 0.300. The van der Waals surface area contributed by atoms with Gasteiger partial charge in [0.05, 0.1) is 5.56 Å². The topological polar surface area (TPSA) is 29.1 Å².